The third-order valence-electron chi connectivity index (χ3n) is 0.714. The third kappa shape index (κ3) is 7.44. The highest BCUT2D eigenvalue weighted by Crippen LogP contribution is 1.91. The van der Waals surface area contributed by atoms with Gasteiger partial charge in [-0.3, -0.25) is 0 Å². The molecular formula is C8H12S. The van der Waals surface area contributed by atoms with Gasteiger partial charge in [0, 0.05) is 0 Å². The molecular weight excluding hydrogens is 128 g/mol. The maximum atomic E-state index is 3.48. The van der Waals surface area contributed by atoms with Crippen LogP contribution in [0.2, 0.25) is 0 Å². The lowest BCUT2D eigenvalue weighted by atomic mass is 10.5. The second-order valence-corrected chi connectivity index (χ2v) is 2.31. The fraction of sp³-hybridized carbons (Fsp3) is 0.250. The van der Waals surface area contributed by atoms with Crippen LogP contribution in [0, 0.1) is 0 Å². The van der Waals surface area contributed by atoms with Crippen molar-refractivity contribution in [3.05, 3.63) is 35.5 Å². The molecule has 0 aliphatic carbocycles. The van der Waals surface area contributed by atoms with E-state index in [4.69, 9.17) is 0 Å². The van der Waals surface area contributed by atoms with Crippen molar-refractivity contribution in [1.29, 1.82) is 0 Å². The maximum Gasteiger partial charge on any atom is -0.00934 e. The Labute approximate surface area is 60.8 Å². The second-order valence-electron chi connectivity index (χ2n) is 1.49. The van der Waals surface area contributed by atoms with Gasteiger partial charge in [-0.2, -0.15) is 11.3 Å². The van der Waals surface area contributed by atoms with E-state index in [0.717, 1.165) is 6.42 Å². The maximum absolute atomic E-state index is 3.48. The highest BCUT2D eigenvalue weighted by Gasteiger charge is 1.58. The van der Waals surface area contributed by atoms with Crippen LogP contribution in [-0.4, -0.2) is 0 Å². The Bertz CT molecular complexity index is 102. The number of hydrogen-bond acceptors (Lipinski definition) is 1. The molecule has 0 unspecified atom stereocenters. The van der Waals surface area contributed by atoms with Gasteiger partial charge in [-0.15, -0.1) is 6.58 Å². The Morgan fingerprint density at radius 3 is 2.00 bits per heavy atom. The summed E-state index contributed by atoms with van der Waals surface area (Å²) in [5.41, 5.74) is 0. The minimum Gasteiger partial charge on any atom is -0.152 e. The van der Waals surface area contributed by atoms with Gasteiger partial charge in [0.25, 0.3) is 0 Å². The monoisotopic (exact) mass is 140 g/mol. The lowest BCUT2D eigenvalue weighted by molar-refractivity contribution is 1.23. The topological polar surface area (TPSA) is 0 Å². The Hall–Kier alpha value is -0.560. The zero-order valence-corrected chi connectivity index (χ0v) is 6.53. The zero-order chi connectivity index (χ0) is 6.95. The molecule has 1 heterocycles. The molecule has 1 heteroatoms. The quantitative estimate of drug-likeness (QED) is 0.525. The number of allylic oxidation sites excluding steroid dienone is 1. The van der Waals surface area contributed by atoms with Crippen molar-refractivity contribution < 1.29 is 0 Å². The average molecular weight is 140 g/mol. The number of rotatable bonds is 1. The van der Waals surface area contributed by atoms with E-state index in [1.54, 1.807) is 11.3 Å². The van der Waals surface area contributed by atoms with Crippen LogP contribution in [0.25, 0.3) is 0 Å². The summed E-state index contributed by atoms with van der Waals surface area (Å²) in [5, 5.41) is 4.08. The van der Waals surface area contributed by atoms with Crippen LogP contribution in [-0.2, 0) is 0 Å². The van der Waals surface area contributed by atoms with Crippen LogP contribution in [0.5, 0.6) is 0 Å². The van der Waals surface area contributed by atoms with Crippen LogP contribution in [0.1, 0.15) is 13.3 Å². The number of hydrogen-bond donors (Lipinski definition) is 0. The Morgan fingerprint density at radius 2 is 1.89 bits per heavy atom. The van der Waals surface area contributed by atoms with Crippen LogP contribution in [0.15, 0.2) is 35.5 Å². The molecule has 0 fully saturated rings. The molecule has 0 aliphatic rings. The van der Waals surface area contributed by atoms with Crippen LogP contribution >= 0.6 is 11.3 Å². The van der Waals surface area contributed by atoms with Gasteiger partial charge in [0.2, 0.25) is 0 Å². The fourth-order valence-electron chi connectivity index (χ4n) is 0.227. The standard InChI is InChI=1S/C4H4S.C4H8/c1-2-4-5-3-1;1-3-4-2/h1-4H;3H,1,4H2,2H3. The normalized spacial score (nSPS) is 7.22. The second kappa shape index (κ2) is 7.44. The van der Waals surface area contributed by atoms with Gasteiger partial charge < -0.3 is 0 Å². The summed E-state index contributed by atoms with van der Waals surface area (Å²) in [7, 11) is 0. The van der Waals surface area contributed by atoms with E-state index >= 15 is 0 Å². The summed E-state index contributed by atoms with van der Waals surface area (Å²) < 4.78 is 0. The molecule has 9 heavy (non-hydrogen) atoms. The smallest absolute Gasteiger partial charge is 0.00934 e. The van der Waals surface area contributed by atoms with Crippen molar-refractivity contribution in [3.63, 3.8) is 0 Å². The first-order valence-electron chi connectivity index (χ1n) is 3.00. The first-order valence-corrected chi connectivity index (χ1v) is 3.94. The summed E-state index contributed by atoms with van der Waals surface area (Å²) in [6.45, 7) is 5.54. The molecule has 0 nitrogen and oxygen atoms in total. The molecule has 0 N–H and O–H groups in total. The van der Waals surface area contributed by atoms with E-state index in [9.17, 15) is 0 Å². The van der Waals surface area contributed by atoms with Crippen molar-refractivity contribution in [1.82, 2.24) is 0 Å². The Balaban J connectivity index is 0.000000148. The summed E-state index contributed by atoms with van der Waals surface area (Å²) in [4.78, 5) is 0. The van der Waals surface area contributed by atoms with Crippen LogP contribution < -0.4 is 0 Å². The predicted molar refractivity (Wildman–Crippen MR) is 44.8 cm³/mol. The first-order chi connectivity index (χ1) is 4.41. The first kappa shape index (κ1) is 8.44. The van der Waals surface area contributed by atoms with Gasteiger partial charge in [-0.1, -0.05) is 25.1 Å². The molecule has 50 valence electrons. The van der Waals surface area contributed by atoms with Crippen molar-refractivity contribution in [2.45, 2.75) is 13.3 Å². The van der Waals surface area contributed by atoms with Gasteiger partial charge in [0.1, 0.15) is 0 Å². The zero-order valence-electron chi connectivity index (χ0n) is 5.71. The molecule has 0 spiro atoms. The van der Waals surface area contributed by atoms with E-state index in [1.807, 2.05) is 29.0 Å². The summed E-state index contributed by atoms with van der Waals surface area (Å²) >= 11 is 1.71. The summed E-state index contributed by atoms with van der Waals surface area (Å²) in [6, 6.07) is 4.04. The number of thiophene rings is 1. The summed E-state index contributed by atoms with van der Waals surface area (Å²) in [6.07, 6.45) is 2.96. The Morgan fingerprint density at radius 1 is 1.44 bits per heavy atom. The molecule has 0 saturated carbocycles. The predicted octanol–water partition coefficient (Wildman–Crippen LogP) is 3.33. The fourth-order valence-corrected chi connectivity index (χ4v) is 0.680. The van der Waals surface area contributed by atoms with Gasteiger partial charge in [0.15, 0.2) is 0 Å². The minimum absolute atomic E-state index is 1.08. The highest BCUT2D eigenvalue weighted by atomic mass is 32.1. The van der Waals surface area contributed by atoms with Crippen molar-refractivity contribution >= 4 is 11.3 Å². The highest BCUT2D eigenvalue weighted by molar-refractivity contribution is 7.07. The lowest BCUT2D eigenvalue weighted by Crippen LogP contribution is -1.36. The summed E-state index contributed by atoms with van der Waals surface area (Å²) in [5.74, 6) is 0. The molecule has 0 atom stereocenters. The van der Waals surface area contributed by atoms with Crippen LogP contribution in [0.4, 0.5) is 0 Å². The van der Waals surface area contributed by atoms with E-state index in [0.29, 0.717) is 0 Å². The van der Waals surface area contributed by atoms with E-state index < -0.39 is 0 Å². The van der Waals surface area contributed by atoms with Crippen LogP contribution in [0.3, 0.4) is 0 Å². The Kier molecular flexibility index (Phi) is 6.98. The van der Waals surface area contributed by atoms with Gasteiger partial charge in [-0.25, -0.2) is 0 Å². The van der Waals surface area contributed by atoms with Gasteiger partial charge >= 0.3 is 0 Å². The van der Waals surface area contributed by atoms with Crippen molar-refractivity contribution in [2.75, 3.05) is 0 Å². The largest absolute Gasteiger partial charge is 0.152 e. The average Bonchev–Trinajstić information content (AvgIpc) is 2.43. The molecule has 0 saturated heterocycles. The van der Waals surface area contributed by atoms with Crippen molar-refractivity contribution in [3.8, 4) is 0 Å². The molecule has 0 aliphatic heterocycles. The molecule has 0 amide bonds. The van der Waals surface area contributed by atoms with Gasteiger partial charge in [-0.05, 0) is 17.2 Å². The molecule has 0 radical (unpaired) electrons. The van der Waals surface area contributed by atoms with Gasteiger partial charge in [0.05, 0.1) is 0 Å². The molecule has 1 rings (SSSR count). The molecule has 1 aromatic heterocycles. The SMILES string of the molecule is C=CCC.c1ccsc1. The molecule has 0 bridgehead atoms. The van der Waals surface area contributed by atoms with E-state index in [1.165, 1.54) is 0 Å². The molecule has 0 aromatic carbocycles. The van der Waals surface area contributed by atoms with Crippen molar-refractivity contribution in [2.24, 2.45) is 0 Å². The molecule has 1 aromatic rings. The lowest BCUT2D eigenvalue weighted by Gasteiger charge is -1.57. The van der Waals surface area contributed by atoms with E-state index in [-0.39, 0.29) is 0 Å². The third-order valence-corrected chi connectivity index (χ3v) is 1.34. The van der Waals surface area contributed by atoms with E-state index in [2.05, 4.69) is 13.5 Å². The minimum atomic E-state index is 1.08.